The van der Waals surface area contributed by atoms with Crippen LogP contribution in [0.15, 0.2) is 144 Å². The van der Waals surface area contributed by atoms with Gasteiger partial charge < -0.3 is 9.47 Å². The third-order valence-electron chi connectivity index (χ3n) is 10.0. The van der Waals surface area contributed by atoms with Crippen molar-refractivity contribution in [3.8, 4) is 0 Å². The number of hydrogen-bond acceptors (Lipinski definition) is 1. The summed E-state index contributed by atoms with van der Waals surface area (Å²) in [6, 6.07) is 25.8. The van der Waals surface area contributed by atoms with Crippen LogP contribution in [0, 0.1) is 0 Å². The maximum absolute atomic E-state index is 2.64. The zero-order valence-electron chi connectivity index (χ0n) is 23.8. The summed E-state index contributed by atoms with van der Waals surface area (Å²) in [5.74, 6) is 0.262. The standard InChI is InChI=1S/C40H34N2/c1-2-13-30(14-3-1)42-38-20-9-7-16-34(38)36-18-10-17-32(40(36)42)29-22-24-35-33-15-6-8-19-37(33)41(39(35)26-29)31-23-21-27-11-4-5-12-28(27)25-31/h1-2,5-10,12-13,15-24,26,31-32,40H,3-4,11,14,25H2. The maximum Gasteiger partial charge on any atom is 0.0698 e. The summed E-state index contributed by atoms with van der Waals surface area (Å²) in [7, 11) is 0. The Labute approximate surface area is 247 Å². The van der Waals surface area contributed by atoms with Gasteiger partial charge in [0.15, 0.2) is 0 Å². The monoisotopic (exact) mass is 542 g/mol. The van der Waals surface area contributed by atoms with Gasteiger partial charge in [-0.2, -0.15) is 0 Å². The van der Waals surface area contributed by atoms with E-state index in [1.54, 1.807) is 0 Å². The Morgan fingerprint density at radius 3 is 2.52 bits per heavy atom. The highest BCUT2D eigenvalue weighted by Crippen LogP contribution is 2.51. The summed E-state index contributed by atoms with van der Waals surface area (Å²) < 4.78 is 2.62. The zero-order chi connectivity index (χ0) is 27.6. The van der Waals surface area contributed by atoms with Crippen molar-refractivity contribution < 1.29 is 0 Å². The lowest BCUT2D eigenvalue weighted by Crippen LogP contribution is -2.36. The van der Waals surface area contributed by atoms with Gasteiger partial charge in [-0.25, -0.2) is 0 Å². The fourth-order valence-electron chi connectivity index (χ4n) is 8.12. The van der Waals surface area contributed by atoms with Crippen molar-refractivity contribution in [1.82, 2.24) is 4.57 Å². The SMILES string of the molecule is C1=CCCC(N2c3ccccc3C3=CC=CC(c4ccc5c6ccccc6n(C6C=CC7=C(C=CCC7)C6)c5c4)C32)=C1. The van der Waals surface area contributed by atoms with E-state index in [-0.39, 0.29) is 12.0 Å². The van der Waals surface area contributed by atoms with Gasteiger partial charge in [-0.15, -0.1) is 0 Å². The van der Waals surface area contributed by atoms with Gasteiger partial charge in [-0.05, 0) is 78.7 Å². The molecule has 2 nitrogen and oxygen atoms in total. The minimum atomic E-state index is 0.259. The lowest BCUT2D eigenvalue weighted by molar-refractivity contribution is 0.625. The first kappa shape index (κ1) is 24.1. The molecule has 3 aromatic carbocycles. The van der Waals surface area contributed by atoms with Gasteiger partial charge in [0.05, 0.1) is 12.1 Å². The van der Waals surface area contributed by atoms with Crippen LogP contribution in [-0.2, 0) is 0 Å². The number of para-hydroxylation sites is 2. The van der Waals surface area contributed by atoms with E-state index in [1.165, 1.54) is 67.5 Å². The number of allylic oxidation sites excluding steroid dienone is 12. The number of benzene rings is 3. The third-order valence-corrected chi connectivity index (χ3v) is 10.0. The molecule has 0 saturated carbocycles. The number of hydrogen-bond donors (Lipinski definition) is 0. The van der Waals surface area contributed by atoms with E-state index >= 15 is 0 Å². The summed E-state index contributed by atoms with van der Waals surface area (Å²) in [6.07, 6.45) is 29.1. The molecule has 5 aliphatic rings. The Kier molecular flexibility index (Phi) is 5.44. The molecule has 204 valence electrons. The molecular formula is C40H34N2. The van der Waals surface area contributed by atoms with E-state index in [4.69, 9.17) is 0 Å². The first-order chi connectivity index (χ1) is 20.8. The average Bonchev–Trinajstić information content (AvgIpc) is 3.58. The van der Waals surface area contributed by atoms with Crippen molar-refractivity contribution in [2.24, 2.45) is 0 Å². The molecule has 2 heterocycles. The van der Waals surface area contributed by atoms with Crippen molar-refractivity contribution >= 4 is 33.1 Å². The van der Waals surface area contributed by atoms with E-state index in [2.05, 4.69) is 137 Å². The van der Waals surface area contributed by atoms with E-state index in [0.29, 0.717) is 6.04 Å². The molecule has 2 heteroatoms. The smallest absolute Gasteiger partial charge is 0.0698 e. The van der Waals surface area contributed by atoms with Gasteiger partial charge in [-0.1, -0.05) is 103 Å². The Balaban J connectivity index is 1.19. The van der Waals surface area contributed by atoms with Crippen LogP contribution in [0.1, 0.15) is 55.2 Å². The predicted octanol–water partition coefficient (Wildman–Crippen LogP) is 10.1. The molecular weight excluding hydrogens is 508 g/mol. The lowest BCUT2D eigenvalue weighted by atomic mass is 9.82. The van der Waals surface area contributed by atoms with Crippen molar-refractivity contribution in [2.75, 3.05) is 4.90 Å². The van der Waals surface area contributed by atoms with Gasteiger partial charge in [0.1, 0.15) is 0 Å². The summed E-state index contributed by atoms with van der Waals surface area (Å²) in [5.41, 5.74) is 12.7. The molecule has 3 atom stereocenters. The Morgan fingerprint density at radius 1 is 0.690 bits per heavy atom. The fourth-order valence-corrected chi connectivity index (χ4v) is 8.12. The summed E-state index contributed by atoms with van der Waals surface area (Å²) >= 11 is 0. The molecule has 0 radical (unpaired) electrons. The van der Waals surface area contributed by atoms with Crippen molar-refractivity contribution in [2.45, 2.75) is 50.1 Å². The molecule has 0 bridgehead atoms. The van der Waals surface area contributed by atoms with Crippen molar-refractivity contribution in [3.05, 3.63) is 155 Å². The second-order valence-corrected chi connectivity index (χ2v) is 12.3. The molecule has 0 N–H and O–H groups in total. The van der Waals surface area contributed by atoms with Crippen molar-refractivity contribution in [1.29, 1.82) is 0 Å². The Bertz CT molecular complexity index is 1980. The minimum Gasteiger partial charge on any atom is -0.336 e. The minimum absolute atomic E-state index is 0.259. The highest BCUT2D eigenvalue weighted by molar-refractivity contribution is 6.08. The van der Waals surface area contributed by atoms with Gasteiger partial charge in [0.2, 0.25) is 0 Å². The van der Waals surface area contributed by atoms with Crippen LogP contribution < -0.4 is 4.90 Å². The first-order valence-electron chi connectivity index (χ1n) is 15.6. The van der Waals surface area contributed by atoms with E-state index in [9.17, 15) is 0 Å². The number of rotatable bonds is 3. The van der Waals surface area contributed by atoms with Crippen LogP contribution in [0.4, 0.5) is 5.69 Å². The molecule has 1 aliphatic heterocycles. The van der Waals surface area contributed by atoms with E-state index in [1.807, 2.05) is 0 Å². The fraction of sp³-hybridized carbons (Fsp3) is 0.200. The number of aromatic nitrogens is 1. The number of fused-ring (bicyclic) bond motifs is 6. The average molecular weight is 543 g/mol. The Hall–Kier alpha value is -4.56. The number of anilines is 1. The normalized spacial score (nSPS) is 24.2. The van der Waals surface area contributed by atoms with E-state index < -0.39 is 0 Å². The summed E-state index contributed by atoms with van der Waals surface area (Å²) in [6.45, 7) is 0. The highest BCUT2D eigenvalue weighted by Gasteiger charge is 2.41. The van der Waals surface area contributed by atoms with Gasteiger partial charge >= 0.3 is 0 Å². The maximum atomic E-state index is 2.64. The summed E-state index contributed by atoms with van der Waals surface area (Å²) in [5, 5.41) is 2.70. The van der Waals surface area contributed by atoms with Gasteiger partial charge in [0, 0.05) is 44.7 Å². The number of nitrogens with zero attached hydrogens (tertiary/aromatic N) is 2. The second-order valence-electron chi connectivity index (χ2n) is 12.3. The topological polar surface area (TPSA) is 8.17 Å². The molecule has 4 aliphatic carbocycles. The molecule has 3 unspecified atom stereocenters. The lowest BCUT2D eigenvalue weighted by Gasteiger charge is -2.36. The van der Waals surface area contributed by atoms with Gasteiger partial charge in [0.25, 0.3) is 0 Å². The zero-order valence-corrected chi connectivity index (χ0v) is 23.8. The first-order valence-corrected chi connectivity index (χ1v) is 15.6. The molecule has 0 amide bonds. The highest BCUT2D eigenvalue weighted by atomic mass is 15.2. The largest absolute Gasteiger partial charge is 0.336 e. The van der Waals surface area contributed by atoms with Gasteiger partial charge in [-0.3, -0.25) is 0 Å². The van der Waals surface area contributed by atoms with Crippen LogP contribution in [0.5, 0.6) is 0 Å². The molecule has 0 saturated heterocycles. The predicted molar refractivity (Wildman–Crippen MR) is 177 cm³/mol. The second kappa shape index (κ2) is 9.49. The summed E-state index contributed by atoms with van der Waals surface area (Å²) in [4.78, 5) is 2.64. The van der Waals surface area contributed by atoms with E-state index in [0.717, 1.165) is 25.7 Å². The molecule has 42 heavy (non-hydrogen) atoms. The van der Waals surface area contributed by atoms with Crippen LogP contribution in [-0.4, -0.2) is 10.6 Å². The van der Waals surface area contributed by atoms with Crippen LogP contribution >= 0.6 is 0 Å². The molecule has 0 fully saturated rings. The van der Waals surface area contributed by atoms with Crippen LogP contribution in [0.3, 0.4) is 0 Å². The molecule has 4 aromatic rings. The molecule has 9 rings (SSSR count). The van der Waals surface area contributed by atoms with Crippen molar-refractivity contribution in [3.63, 3.8) is 0 Å². The quantitative estimate of drug-likeness (QED) is 0.250. The molecule has 1 aromatic heterocycles. The van der Waals surface area contributed by atoms with Crippen LogP contribution in [0.25, 0.3) is 27.4 Å². The molecule has 0 spiro atoms. The third kappa shape index (κ3) is 3.57. The Morgan fingerprint density at radius 2 is 1.57 bits per heavy atom. The van der Waals surface area contributed by atoms with Crippen LogP contribution in [0.2, 0.25) is 0 Å².